The van der Waals surface area contributed by atoms with Crippen molar-refractivity contribution in [3.63, 3.8) is 0 Å². The van der Waals surface area contributed by atoms with E-state index < -0.39 is 5.79 Å². The molecule has 0 spiro atoms. The van der Waals surface area contributed by atoms with Crippen LogP contribution in [0.4, 0.5) is 0 Å². The number of unbranched alkanes of at least 4 members (excludes halogenated alkanes) is 1. The highest BCUT2D eigenvalue weighted by molar-refractivity contribution is 5.86. The number of aryl methyl sites for hydroxylation is 1. The summed E-state index contributed by atoms with van der Waals surface area (Å²) in [7, 11) is 0. The van der Waals surface area contributed by atoms with Gasteiger partial charge in [0, 0.05) is 16.5 Å². The smallest absolute Gasteiger partial charge is 0.333 e. The normalized spacial score (nSPS) is 19.2. The largest absolute Gasteiger partial charge is 0.462 e. The minimum absolute atomic E-state index is 0.0180. The molecule has 0 aliphatic carbocycles. The monoisotopic (exact) mass is 476 g/mol. The SMILES string of the molecule is C=C(C)C(=O)OCCCC1OC(C)(C)OC1CCCCc1ccc2cc(-c3ccccc3)oc2c1. The first-order valence-corrected chi connectivity index (χ1v) is 12.6. The topological polar surface area (TPSA) is 57.9 Å². The second-order valence-corrected chi connectivity index (χ2v) is 9.87. The van der Waals surface area contributed by atoms with Crippen molar-refractivity contribution in [3.05, 3.63) is 72.3 Å². The first-order valence-electron chi connectivity index (χ1n) is 12.6. The molecule has 1 saturated heterocycles. The summed E-state index contributed by atoms with van der Waals surface area (Å²) in [5.41, 5.74) is 3.73. The zero-order valence-electron chi connectivity index (χ0n) is 21.0. The van der Waals surface area contributed by atoms with Crippen LogP contribution in [0.2, 0.25) is 0 Å². The standard InChI is InChI=1S/C30H36O5/c1-21(2)29(31)32-18-10-15-26-25(34-30(3,4)35-26)14-9-8-11-22-16-17-24-20-28(33-27(24)19-22)23-12-6-5-7-13-23/h5-7,12-13,16-17,19-20,25-26H,1,8-11,14-15,18H2,2-4H3. The van der Waals surface area contributed by atoms with E-state index >= 15 is 0 Å². The third kappa shape index (κ3) is 6.83. The summed E-state index contributed by atoms with van der Waals surface area (Å²) in [4.78, 5) is 11.6. The molecule has 35 heavy (non-hydrogen) atoms. The van der Waals surface area contributed by atoms with Gasteiger partial charge in [0.15, 0.2) is 5.79 Å². The van der Waals surface area contributed by atoms with Crippen LogP contribution in [0.3, 0.4) is 0 Å². The lowest BCUT2D eigenvalue weighted by Crippen LogP contribution is -2.23. The molecule has 1 aromatic heterocycles. The van der Waals surface area contributed by atoms with E-state index in [2.05, 4.69) is 43.0 Å². The Kier molecular flexibility index (Phi) is 8.09. The van der Waals surface area contributed by atoms with Crippen LogP contribution in [0.25, 0.3) is 22.3 Å². The van der Waals surface area contributed by atoms with Crippen molar-refractivity contribution in [1.82, 2.24) is 0 Å². The third-order valence-corrected chi connectivity index (χ3v) is 6.35. The van der Waals surface area contributed by atoms with Crippen LogP contribution in [0.1, 0.15) is 58.4 Å². The number of hydrogen-bond acceptors (Lipinski definition) is 5. The molecule has 1 aliphatic heterocycles. The summed E-state index contributed by atoms with van der Waals surface area (Å²) < 4.78 is 23.6. The van der Waals surface area contributed by atoms with E-state index in [1.54, 1.807) is 6.92 Å². The van der Waals surface area contributed by atoms with Gasteiger partial charge in [-0.15, -0.1) is 0 Å². The van der Waals surface area contributed by atoms with Gasteiger partial charge in [0.2, 0.25) is 0 Å². The molecule has 0 saturated carbocycles. The molecule has 186 valence electrons. The van der Waals surface area contributed by atoms with Gasteiger partial charge in [-0.05, 0) is 70.6 Å². The summed E-state index contributed by atoms with van der Waals surface area (Å²) in [5, 5.41) is 1.13. The molecule has 3 aromatic rings. The fourth-order valence-electron chi connectivity index (χ4n) is 4.62. The van der Waals surface area contributed by atoms with Crippen LogP contribution in [-0.4, -0.2) is 30.6 Å². The molecule has 2 heterocycles. The minimum Gasteiger partial charge on any atom is -0.462 e. The Labute approximate surface area is 208 Å². The summed E-state index contributed by atoms with van der Waals surface area (Å²) in [5.74, 6) is -0.0153. The van der Waals surface area contributed by atoms with Crippen molar-refractivity contribution in [3.8, 4) is 11.3 Å². The predicted octanol–water partition coefficient (Wildman–Crippen LogP) is 7.23. The highest BCUT2D eigenvalue weighted by Gasteiger charge is 2.40. The first kappa shape index (κ1) is 25.2. The summed E-state index contributed by atoms with van der Waals surface area (Å²) in [6.07, 6.45) is 5.69. The van der Waals surface area contributed by atoms with Crippen molar-refractivity contribution >= 4 is 16.9 Å². The number of ether oxygens (including phenoxy) is 3. The molecule has 5 nitrogen and oxygen atoms in total. The number of rotatable bonds is 11. The molecule has 2 unspecified atom stereocenters. The first-order chi connectivity index (χ1) is 16.8. The molecule has 1 aliphatic rings. The average molecular weight is 477 g/mol. The van der Waals surface area contributed by atoms with Crippen LogP contribution >= 0.6 is 0 Å². The Bertz CT molecular complexity index is 1140. The van der Waals surface area contributed by atoms with Gasteiger partial charge in [-0.3, -0.25) is 0 Å². The molecule has 1 fully saturated rings. The van der Waals surface area contributed by atoms with Gasteiger partial charge in [0.25, 0.3) is 0 Å². The Morgan fingerprint density at radius 1 is 0.971 bits per heavy atom. The predicted molar refractivity (Wildman–Crippen MR) is 138 cm³/mol. The zero-order valence-corrected chi connectivity index (χ0v) is 21.0. The van der Waals surface area contributed by atoms with E-state index in [9.17, 15) is 4.79 Å². The van der Waals surface area contributed by atoms with E-state index in [0.717, 1.165) is 60.8 Å². The number of carbonyl (C=O) groups is 1. The Morgan fingerprint density at radius 2 is 1.69 bits per heavy atom. The van der Waals surface area contributed by atoms with Gasteiger partial charge < -0.3 is 18.6 Å². The maximum Gasteiger partial charge on any atom is 0.333 e. The van der Waals surface area contributed by atoms with E-state index in [-0.39, 0.29) is 18.2 Å². The van der Waals surface area contributed by atoms with Crippen molar-refractivity contribution in [2.24, 2.45) is 0 Å². The quantitative estimate of drug-likeness (QED) is 0.166. The number of benzene rings is 2. The molecular formula is C30H36O5. The molecule has 5 heteroatoms. The Morgan fingerprint density at radius 3 is 2.40 bits per heavy atom. The fraction of sp³-hybridized carbons (Fsp3) is 0.433. The third-order valence-electron chi connectivity index (χ3n) is 6.35. The number of esters is 1. The van der Waals surface area contributed by atoms with Crippen LogP contribution in [0.5, 0.6) is 0 Å². The highest BCUT2D eigenvalue weighted by Crippen LogP contribution is 2.33. The summed E-state index contributed by atoms with van der Waals surface area (Å²) >= 11 is 0. The van der Waals surface area contributed by atoms with E-state index in [1.807, 2.05) is 32.0 Å². The van der Waals surface area contributed by atoms with Gasteiger partial charge in [0.05, 0.1) is 18.8 Å². The lowest BCUT2D eigenvalue weighted by Gasteiger charge is -2.16. The van der Waals surface area contributed by atoms with Gasteiger partial charge in [-0.25, -0.2) is 4.79 Å². The highest BCUT2D eigenvalue weighted by atomic mass is 16.7. The number of carbonyl (C=O) groups excluding carboxylic acids is 1. The van der Waals surface area contributed by atoms with Crippen LogP contribution in [0, 0.1) is 0 Å². The van der Waals surface area contributed by atoms with E-state index in [4.69, 9.17) is 18.6 Å². The van der Waals surface area contributed by atoms with Crippen LogP contribution in [-0.2, 0) is 25.4 Å². The van der Waals surface area contributed by atoms with Gasteiger partial charge in [-0.2, -0.15) is 0 Å². The van der Waals surface area contributed by atoms with Crippen LogP contribution in [0.15, 0.2) is 71.2 Å². The Balaban J connectivity index is 1.25. The molecule has 0 N–H and O–H groups in total. The Hall–Kier alpha value is -2.89. The second-order valence-electron chi connectivity index (χ2n) is 9.87. The van der Waals surface area contributed by atoms with Crippen molar-refractivity contribution in [2.45, 2.75) is 77.3 Å². The van der Waals surface area contributed by atoms with Crippen molar-refractivity contribution in [1.29, 1.82) is 0 Å². The fourth-order valence-corrected chi connectivity index (χ4v) is 4.62. The zero-order chi connectivity index (χ0) is 24.8. The lowest BCUT2D eigenvalue weighted by molar-refractivity contribution is -0.148. The maximum absolute atomic E-state index is 11.6. The number of furan rings is 1. The van der Waals surface area contributed by atoms with E-state index in [0.29, 0.717) is 12.2 Å². The summed E-state index contributed by atoms with van der Waals surface area (Å²) in [6, 6.07) is 18.8. The number of fused-ring (bicyclic) bond motifs is 1. The molecule has 0 radical (unpaired) electrons. The molecule has 2 atom stereocenters. The van der Waals surface area contributed by atoms with Gasteiger partial charge in [0.1, 0.15) is 11.3 Å². The molecular weight excluding hydrogens is 440 g/mol. The summed E-state index contributed by atoms with van der Waals surface area (Å²) in [6.45, 7) is 9.56. The van der Waals surface area contributed by atoms with Crippen molar-refractivity contribution in [2.75, 3.05) is 6.61 Å². The van der Waals surface area contributed by atoms with Gasteiger partial charge >= 0.3 is 5.97 Å². The molecule has 0 amide bonds. The lowest BCUT2D eigenvalue weighted by atomic mass is 10.0. The minimum atomic E-state index is -0.579. The van der Waals surface area contributed by atoms with E-state index in [1.165, 1.54) is 5.56 Å². The molecule has 4 rings (SSSR count). The number of hydrogen-bond donors (Lipinski definition) is 0. The second kappa shape index (κ2) is 11.2. The van der Waals surface area contributed by atoms with Crippen LogP contribution < -0.4 is 0 Å². The average Bonchev–Trinajstić information content (AvgIpc) is 3.39. The van der Waals surface area contributed by atoms with Gasteiger partial charge in [-0.1, -0.05) is 55.5 Å². The molecule has 2 aromatic carbocycles. The maximum atomic E-state index is 11.6. The molecule has 0 bridgehead atoms. The van der Waals surface area contributed by atoms with Crippen molar-refractivity contribution < 1.29 is 23.4 Å².